The molecule has 2 aromatic carbocycles. The van der Waals surface area contributed by atoms with E-state index >= 15 is 0 Å². The summed E-state index contributed by atoms with van der Waals surface area (Å²) in [5, 5.41) is 1.50. The summed E-state index contributed by atoms with van der Waals surface area (Å²) in [7, 11) is 0. The molecule has 0 saturated carbocycles. The molecular formula is C18H18BrClO. The highest BCUT2D eigenvalue weighted by molar-refractivity contribution is 9.08. The predicted molar refractivity (Wildman–Crippen MR) is 91.7 cm³/mol. The zero-order valence-electron chi connectivity index (χ0n) is 11.8. The van der Waals surface area contributed by atoms with E-state index in [4.69, 9.17) is 16.3 Å². The molecule has 0 aromatic heterocycles. The Morgan fingerprint density at radius 1 is 1.19 bits per heavy atom. The highest BCUT2D eigenvalue weighted by Crippen LogP contribution is 2.33. The molecule has 1 aliphatic rings. The number of aryl methyl sites for hydroxylation is 1. The van der Waals surface area contributed by atoms with E-state index in [1.165, 1.54) is 30.4 Å². The maximum Gasteiger partial charge on any atom is 0.137 e. The van der Waals surface area contributed by atoms with Crippen LogP contribution in [0.1, 0.15) is 35.4 Å². The van der Waals surface area contributed by atoms with Crippen LogP contribution in [0.2, 0.25) is 5.02 Å². The SMILES string of the molecule is Clc1cc(CBr)ccc1OCC1CCCc2ccccc21. The van der Waals surface area contributed by atoms with Crippen LogP contribution in [0, 0.1) is 0 Å². The first-order chi connectivity index (χ1) is 10.3. The molecular weight excluding hydrogens is 348 g/mol. The second kappa shape index (κ2) is 6.85. The summed E-state index contributed by atoms with van der Waals surface area (Å²) in [5.41, 5.74) is 4.07. The lowest BCUT2D eigenvalue weighted by molar-refractivity contribution is 0.275. The van der Waals surface area contributed by atoms with Crippen molar-refractivity contribution in [2.45, 2.75) is 30.5 Å². The Morgan fingerprint density at radius 3 is 2.86 bits per heavy atom. The van der Waals surface area contributed by atoms with Crippen LogP contribution in [0.5, 0.6) is 5.75 Å². The van der Waals surface area contributed by atoms with E-state index in [0.717, 1.165) is 16.6 Å². The van der Waals surface area contributed by atoms with Gasteiger partial charge in [-0.15, -0.1) is 0 Å². The maximum absolute atomic E-state index is 6.28. The minimum atomic E-state index is 0.474. The van der Waals surface area contributed by atoms with E-state index in [0.29, 0.717) is 17.5 Å². The molecule has 0 saturated heterocycles. The predicted octanol–water partition coefficient (Wildman–Crippen LogP) is 5.73. The van der Waals surface area contributed by atoms with Gasteiger partial charge in [0.2, 0.25) is 0 Å². The molecule has 0 N–H and O–H groups in total. The fourth-order valence-corrected chi connectivity index (χ4v) is 3.57. The van der Waals surface area contributed by atoms with Crippen LogP contribution < -0.4 is 4.74 Å². The van der Waals surface area contributed by atoms with Crippen molar-refractivity contribution in [1.29, 1.82) is 0 Å². The summed E-state index contributed by atoms with van der Waals surface area (Å²) in [6.07, 6.45) is 3.61. The maximum atomic E-state index is 6.28. The first kappa shape index (κ1) is 14.9. The summed E-state index contributed by atoms with van der Waals surface area (Å²) in [6.45, 7) is 0.699. The monoisotopic (exact) mass is 364 g/mol. The van der Waals surface area contributed by atoms with Gasteiger partial charge in [-0.3, -0.25) is 0 Å². The van der Waals surface area contributed by atoms with Crippen molar-refractivity contribution in [3.8, 4) is 5.75 Å². The third kappa shape index (κ3) is 3.44. The van der Waals surface area contributed by atoms with Gasteiger partial charge in [0.05, 0.1) is 11.6 Å². The van der Waals surface area contributed by atoms with Crippen LogP contribution in [-0.4, -0.2) is 6.61 Å². The molecule has 1 atom stereocenters. The van der Waals surface area contributed by atoms with E-state index in [-0.39, 0.29) is 0 Å². The van der Waals surface area contributed by atoms with Gasteiger partial charge in [-0.1, -0.05) is 57.9 Å². The highest BCUT2D eigenvalue weighted by atomic mass is 79.9. The van der Waals surface area contributed by atoms with Crippen molar-refractivity contribution in [3.05, 3.63) is 64.2 Å². The van der Waals surface area contributed by atoms with Crippen LogP contribution in [0.25, 0.3) is 0 Å². The summed E-state index contributed by atoms with van der Waals surface area (Å²) < 4.78 is 5.99. The van der Waals surface area contributed by atoms with Gasteiger partial charge in [-0.25, -0.2) is 0 Å². The van der Waals surface area contributed by atoms with Gasteiger partial charge < -0.3 is 4.74 Å². The third-order valence-corrected chi connectivity index (χ3v) is 5.03. The van der Waals surface area contributed by atoms with Crippen LogP contribution in [0.4, 0.5) is 0 Å². The molecule has 0 bridgehead atoms. The van der Waals surface area contributed by atoms with Crippen LogP contribution in [0.3, 0.4) is 0 Å². The quantitative estimate of drug-likeness (QED) is 0.628. The second-order valence-electron chi connectivity index (χ2n) is 5.50. The number of benzene rings is 2. The first-order valence-electron chi connectivity index (χ1n) is 7.33. The summed E-state index contributed by atoms with van der Waals surface area (Å²) in [5.74, 6) is 1.26. The molecule has 3 rings (SSSR count). The number of ether oxygens (including phenoxy) is 1. The molecule has 1 aliphatic carbocycles. The van der Waals surface area contributed by atoms with Crippen LogP contribution in [0.15, 0.2) is 42.5 Å². The van der Waals surface area contributed by atoms with Crippen molar-refractivity contribution < 1.29 is 4.74 Å². The zero-order chi connectivity index (χ0) is 14.7. The summed E-state index contributed by atoms with van der Waals surface area (Å²) in [4.78, 5) is 0. The number of hydrogen-bond acceptors (Lipinski definition) is 1. The van der Waals surface area contributed by atoms with Crippen molar-refractivity contribution in [2.24, 2.45) is 0 Å². The van der Waals surface area contributed by atoms with E-state index < -0.39 is 0 Å². The van der Waals surface area contributed by atoms with Crippen LogP contribution in [-0.2, 0) is 11.8 Å². The molecule has 1 unspecified atom stereocenters. The van der Waals surface area contributed by atoms with Crippen molar-refractivity contribution in [3.63, 3.8) is 0 Å². The summed E-state index contributed by atoms with van der Waals surface area (Å²) >= 11 is 9.72. The lowest BCUT2D eigenvalue weighted by Crippen LogP contribution is -2.16. The average molecular weight is 366 g/mol. The Labute approximate surface area is 139 Å². The highest BCUT2D eigenvalue weighted by Gasteiger charge is 2.20. The smallest absolute Gasteiger partial charge is 0.137 e. The number of halogens is 2. The summed E-state index contributed by atoms with van der Waals surface area (Å²) in [6, 6.07) is 14.7. The number of rotatable bonds is 4. The molecule has 0 spiro atoms. The van der Waals surface area contributed by atoms with Gasteiger partial charge >= 0.3 is 0 Å². The second-order valence-corrected chi connectivity index (χ2v) is 6.47. The lowest BCUT2D eigenvalue weighted by atomic mass is 9.83. The van der Waals surface area contributed by atoms with Crippen molar-refractivity contribution in [1.82, 2.24) is 0 Å². The zero-order valence-corrected chi connectivity index (χ0v) is 14.2. The van der Waals surface area contributed by atoms with Gasteiger partial charge in [0.1, 0.15) is 5.75 Å². The molecule has 0 heterocycles. The van der Waals surface area contributed by atoms with Gasteiger partial charge in [-0.05, 0) is 48.1 Å². The van der Waals surface area contributed by atoms with E-state index in [1.807, 2.05) is 18.2 Å². The topological polar surface area (TPSA) is 9.23 Å². The number of hydrogen-bond donors (Lipinski definition) is 0. The fourth-order valence-electron chi connectivity index (χ4n) is 2.96. The largest absolute Gasteiger partial charge is 0.491 e. The molecule has 0 fully saturated rings. The first-order valence-corrected chi connectivity index (χ1v) is 8.83. The molecule has 2 aromatic rings. The lowest BCUT2D eigenvalue weighted by Gasteiger charge is -2.25. The van der Waals surface area contributed by atoms with E-state index in [1.54, 1.807) is 0 Å². The minimum absolute atomic E-state index is 0.474. The normalized spacial score (nSPS) is 17.3. The standard InChI is InChI=1S/C18H18BrClO/c19-11-13-8-9-18(17(20)10-13)21-12-15-6-3-5-14-4-1-2-7-16(14)15/h1-2,4,7-10,15H,3,5-6,11-12H2. The Hall–Kier alpha value is -0.990. The molecule has 0 aliphatic heterocycles. The van der Waals surface area contributed by atoms with Gasteiger partial charge in [0.25, 0.3) is 0 Å². The molecule has 3 heteroatoms. The van der Waals surface area contributed by atoms with Crippen molar-refractivity contribution >= 4 is 27.5 Å². The molecule has 0 amide bonds. The fraction of sp³-hybridized carbons (Fsp3) is 0.333. The minimum Gasteiger partial charge on any atom is -0.491 e. The number of alkyl halides is 1. The Balaban J connectivity index is 1.71. The molecule has 0 radical (unpaired) electrons. The van der Waals surface area contributed by atoms with E-state index in [2.05, 4.69) is 40.2 Å². The van der Waals surface area contributed by atoms with E-state index in [9.17, 15) is 0 Å². The molecule has 110 valence electrons. The van der Waals surface area contributed by atoms with Gasteiger partial charge in [0, 0.05) is 11.2 Å². The Kier molecular flexibility index (Phi) is 4.87. The number of fused-ring (bicyclic) bond motifs is 1. The average Bonchev–Trinajstić information content (AvgIpc) is 2.53. The molecule has 21 heavy (non-hydrogen) atoms. The third-order valence-electron chi connectivity index (χ3n) is 4.08. The van der Waals surface area contributed by atoms with Crippen molar-refractivity contribution in [2.75, 3.05) is 6.61 Å². The molecule has 1 nitrogen and oxygen atoms in total. The van der Waals surface area contributed by atoms with Crippen LogP contribution >= 0.6 is 27.5 Å². The Morgan fingerprint density at radius 2 is 2.05 bits per heavy atom. The Bertz CT molecular complexity index is 626. The van der Waals surface area contributed by atoms with Gasteiger partial charge in [-0.2, -0.15) is 0 Å². The van der Waals surface area contributed by atoms with Gasteiger partial charge in [0.15, 0.2) is 0 Å².